The number of aromatic nitrogens is 5. The molecule has 0 atom stereocenters. The number of anilines is 1. The molecular formula is C17H24N6O. The molecule has 0 radical (unpaired) electrons. The third kappa shape index (κ3) is 2.56. The van der Waals surface area contributed by atoms with Crippen LogP contribution in [0.3, 0.4) is 0 Å². The summed E-state index contributed by atoms with van der Waals surface area (Å²) in [4.78, 5) is 15.9. The van der Waals surface area contributed by atoms with Crippen LogP contribution in [-0.2, 0) is 23.3 Å². The molecule has 0 saturated carbocycles. The van der Waals surface area contributed by atoms with Gasteiger partial charge in [-0.2, -0.15) is 10.1 Å². The highest BCUT2D eigenvalue weighted by Crippen LogP contribution is 2.40. The van der Waals surface area contributed by atoms with Crippen molar-refractivity contribution in [1.82, 2.24) is 24.7 Å². The van der Waals surface area contributed by atoms with Gasteiger partial charge in [0.25, 0.3) is 0 Å². The Labute approximate surface area is 142 Å². The number of ether oxygens (including phenoxy) is 1. The molecule has 24 heavy (non-hydrogen) atoms. The molecule has 1 spiro atoms. The van der Waals surface area contributed by atoms with E-state index in [2.05, 4.69) is 26.9 Å². The molecular weight excluding hydrogens is 304 g/mol. The summed E-state index contributed by atoms with van der Waals surface area (Å²) in [5.41, 5.74) is 2.10. The van der Waals surface area contributed by atoms with Crippen LogP contribution in [0, 0.1) is 6.92 Å². The van der Waals surface area contributed by atoms with Gasteiger partial charge in [-0.15, -0.1) is 0 Å². The first-order chi connectivity index (χ1) is 11.7. The lowest BCUT2D eigenvalue weighted by molar-refractivity contribution is -0.0805. The Balaban J connectivity index is 1.56. The van der Waals surface area contributed by atoms with E-state index in [0.29, 0.717) is 0 Å². The molecule has 0 N–H and O–H groups in total. The van der Waals surface area contributed by atoms with Gasteiger partial charge in [0.2, 0.25) is 5.95 Å². The highest BCUT2D eigenvalue weighted by molar-refractivity contribution is 5.34. The number of hydrogen-bond donors (Lipinski definition) is 0. The fraction of sp³-hybridized carbons (Fsp3) is 0.647. The number of hydrogen-bond acceptors (Lipinski definition) is 6. The van der Waals surface area contributed by atoms with E-state index in [1.54, 1.807) is 6.33 Å². The van der Waals surface area contributed by atoms with Crippen LogP contribution in [0.1, 0.15) is 43.3 Å². The molecule has 1 saturated heterocycles. The minimum atomic E-state index is -0.257. The number of piperidine rings is 1. The summed E-state index contributed by atoms with van der Waals surface area (Å²) in [6, 6.07) is 0. The Bertz CT molecular complexity index is 720. The van der Waals surface area contributed by atoms with Crippen molar-refractivity contribution in [2.45, 2.75) is 51.7 Å². The number of rotatable bonds is 3. The van der Waals surface area contributed by atoms with Gasteiger partial charge in [-0.3, -0.25) is 0 Å². The SMILES string of the molecule is CCCn1ncnc1N1CCC2(CC1)OCCc1cnc(C)nc12. The molecule has 2 aromatic rings. The molecule has 2 aromatic heterocycles. The summed E-state index contributed by atoms with van der Waals surface area (Å²) in [7, 11) is 0. The van der Waals surface area contributed by atoms with Crippen molar-refractivity contribution in [1.29, 1.82) is 0 Å². The van der Waals surface area contributed by atoms with Crippen LogP contribution in [0.4, 0.5) is 5.95 Å². The summed E-state index contributed by atoms with van der Waals surface area (Å²) in [5.74, 6) is 1.80. The van der Waals surface area contributed by atoms with Crippen LogP contribution >= 0.6 is 0 Å². The second-order valence-electron chi connectivity index (χ2n) is 6.65. The zero-order valence-electron chi connectivity index (χ0n) is 14.4. The van der Waals surface area contributed by atoms with Gasteiger partial charge in [0.1, 0.15) is 17.8 Å². The molecule has 0 bridgehead atoms. The lowest BCUT2D eigenvalue weighted by Crippen LogP contribution is -2.48. The van der Waals surface area contributed by atoms with E-state index in [1.807, 2.05) is 17.8 Å². The van der Waals surface area contributed by atoms with E-state index in [1.165, 1.54) is 5.56 Å². The summed E-state index contributed by atoms with van der Waals surface area (Å²) >= 11 is 0. The Morgan fingerprint density at radius 2 is 2.08 bits per heavy atom. The van der Waals surface area contributed by atoms with Crippen LogP contribution in [0.25, 0.3) is 0 Å². The quantitative estimate of drug-likeness (QED) is 0.856. The molecule has 0 aliphatic carbocycles. The van der Waals surface area contributed by atoms with Gasteiger partial charge >= 0.3 is 0 Å². The zero-order valence-corrected chi connectivity index (χ0v) is 14.4. The van der Waals surface area contributed by atoms with Crippen LogP contribution in [0.15, 0.2) is 12.5 Å². The Morgan fingerprint density at radius 3 is 2.88 bits per heavy atom. The average Bonchev–Trinajstić information content (AvgIpc) is 3.05. The first-order valence-electron chi connectivity index (χ1n) is 8.81. The molecule has 0 unspecified atom stereocenters. The molecule has 2 aliphatic heterocycles. The molecule has 128 valence electrons. The molecule has 7 heteroatoms. The van der Waals surface area contributed by atoms with Gasteiger partial charge in [0.15, 0.2) is 0 Å². The van der Waals surface area contributed by atoms with Gasteiger partial charge in [-0.1, -0.05) is 6.92 Å². The van der Waals surface area contributed by atoms with E-state index >= 15 is 0 Å². The fourth-order valence-electron chi connectivity index (χ4n) is 3.82. The van der Waals surface area contributed by atoms with E-state index < -0.39 is 0 Å². The van der Waals surface area contributed by atoms with Crippen molar-refractivity contribution >= 4 is 5.95 Å². The minimum Gasteiger partial charge on any atom is -0.368 e. The summed E-state index contributed by atoms with van der Waals surface area (Å²) in [5, 5.41) is 4.34. The van der Waals surface area contributed by atoms with Crippen molar-refractivity contribution in [3.8, 4) is 0 Å². The van der Waals surface area contributed by atoms with Crippen molar-refractivity contribution in [3.05, 3.63) is 29.6 Å². The normalized spacial score (nSPS) is 19.5. The highest BCUT2D eigenvalue weighted by atomic mass is 16.5. The van der Waals surface area contributed by atoms with E-state index in [4.69, 9.17) is 9.72 Å². The number of nitrogens with zero attached hydrogens (tertiary/aromatic N) is 6. The molecule has 0 amide bonds. The molecule has 4 heterocycles. The van der Waals surface area contributed by atoms with Gasteiger partial charge in [0, 0.05) is 25.8 Å². The molecule has 0 aromatic carbocycles. The Hall–Kier alpha value is -2.02. The molecule has 4 rings (SSSR count). The second kappa shape index (κ2) is 6.12. The summed E-state index contributed by atoms with van der Waals surface area (Å²) in [6.07, 6.45) is 7.45. The average molecular weight is 328 g/mol. The van der Waals surface area contributed by atoms with E-state index in [-0.39, 0.29) is 5.60 Å². The van der Waals surface area contributed by atoms with Crippen molar-refractivity contribution in [2.24, 2.45) is 0 Å². The van der Waals surface area contributed by atoms with Crippen LogP contribution < -0.4 is 4.90 Å². The fourth-order valence-corrected chi connectivity index (χ4v) is 3.82. The Kier molecular flexibility index (Phi) is 3.96. The standard InChI is InChI=1S/C17H24N6O/c1-3-7-23-16(19-12-20-23)22-8-5-17(6-9-22)15-14(4-10-24-17)11-18-13(2)21-15/h11-12H,3-10H2,1-2H3. The Morgan fingerprint density at radius 1 is 1.25 bits per heavy atom. The molecule has 1 fully saturated rings. The monoisotopic (exact) mass is 328 g/mol. The lowest BCUT2D eigenvalue weighted by atomic mass is 9.83. The first kappa shape index (κ1) is 15.5. The van der Waals surface area contributed by atoms with Crippen molar-refractivity contribution < 1.29 is 4.74 Å². The maximum atomic E-state index is 6.27. The third-order valence-corrected chi connectivity index (χ3v) is 5.05. The number of fused-ring (bicyclic) bond motifs is 2. The smallest absolute Gasteiger partial charge is 0.223 e. The van der Waals surface area contributed by atoms with Gasteiger partial charge in [-0.05, 0) is 38.2 Å². The molecule has 2 aliphatic rings. The second-order valence-corrected chi connectivity index (χ2v) is 6.65. The van der Waals surface area contributed by atoms with Gasteiger partial charge in [0.05, 0.1) is 12.3 Å². The van der Waals surface area contributed by atoms with E-state index in [0.717, 1.165) is 69.4 Å². The van der Waals surface area contributed by atoms with E-state index in [9.17, 15) is 0 Å². The number of aryl methyl sites for hydroxylation is 2. The molecule has 7 nitrogen and oxygen atoms in total. The van der Waals surface area contributed by atoms with Crippen molar-refractivity contribution in [2.75, 3.05) is 24.6 Å². The minimum absolute atomic E-state index is 0.257. The lowest BCUT2D eigenvalue weighted by Gasteiger charge is -2.44. The van der Waals surface area contributed by atoms with Gasteiger partial charge in [-0.25, -0.2) is 14.6 Å². The first-order valence-corrected chi connectivity index (χ1v) is 8.81. The summed E-state index contributed by atoms with van der Waals surface area (Å²) in [6.45, 7) is 7.58. The summed E-state index contributed by atoms with van der Waals surface area (Å²) < 4.78 is 8.27. The predicted molar refractivity (Wildman–Crippen MR) is 89.9 cm³/mol. The highest BCUT2D eigenvalue weighted by Gasteiger charge is 2.43. The predicted octanol–water partition coefficient (Wildman–Crippen LogP) is 1.85. The maximum absolute atomic E-state index is 6.27. The largest absolute Gasteiger partial charge is 0.368 e. The van der Waals surface area contributed by atoms with Crippen LogP contribution in [0.5, 0.6) is 0 Å². The zero-order chi connectivity index (χ0) is 16.6. The van der Waals surface area contributed by atoms with Crippen LogP contribution in [-0.4, -0.2) is 44.4 Å². The van der Waals surface area contributed by atoms with Crippen LogP contribution in [0.2, 0.25) is 0 Å². The van der Waals surface area contributed by atoms with Gasteiger partial charge < -0.3 is 9.64 Å². The third-order valence-electron chi connectivity index (χ3n) is 5.05. The topological polar surface area (TPSA) is 69.0 Å². The maximum Gasteiger partial charge on any atom is 0.223 e. The van der Waals surface area contributed by atoms with Crippen molar-refractivity contribution in [3.63, 3.8) is 0 Å².